The average molecular weight is 322 g/mol. The second kappa shape index (κ2) is 8.55. The van der Waals surface area contributed by atoms with Gasteiger partial charge in [-0.05, 0) is 37.5 Å². The third-order valence-corrected chi connectivity index (χ3v) is 5.61. The maximum absolute atomic E-state index is 11.8. The largest absolute Gasteiger partial charge is 0.356 e. The molecular formula is C18H34N4O. The lowest BCUT2D eigenvalue weighted by Gasteiger charge is -2.29. The van der Waals surface area contributed by atoms with Gasteiger partial charge in [0.25, 0.3) is 0 Å². The van der Waals surface area contributed by atoms with Crippen LogP contribution in [-0.2, 0) is 4.79 Å². The Morgan fingerprint density at radius 2 is 1.83 bits per heavy atom. The zero-order chi connectivity index (χ0) is 16.7. The van der Waals surface area contributed by atoms with Crippen molar-refractivity contribution >= 4 is 11.9 Å². The topological polar surface area (TPSA) is 56.7 Å². The van der Waals surface area contributed by atoms with Gasteiger partial charge in [0.15, 0.2) is 5.96 Å². The van der Waals surface area contributed by atoms with Crippen molar-refractivity contribution in [2.24, 2.45) is 10.4 Å². The summed E-state index contributed by atoms with van der Waals surface area (Å²) in [5, 5.41) is 7.09. The molecule has 0 unspecified atom stereocenters. The van der Waals surface area contributed by atoms with E-state index in [0.717, 1.165) is 12.5 Å². The highest BCUT2D eigenvalue weighted by Crippen LogP contribution is 2.40. The number of aliphatic imine (C=N–C) groups is 1. The minimum Gasteiger partial charge on any atom is -0.356 e. The first kappa shape index (κ1) is 18.1. The summed E-state index contributed by atoms with van der Waals surface area (Å²) in [7, 11) is 3.56. The van der Waals surface area contributed by atoms with Crippen LogP contribution in [0, 0.1) is 5.41 Å². The smallest absolute Gasteiger partial charge is 0.243 e. The molecule has 132 valence electrons. The van der Waals surface area contributed by atoms with Gasteiger partial charge in [-0.25, -0.2) is 4.99 Å². The first-order valence-electron chi connectivity index (χ1n) is 9.30. The molecule has 0 aliphatic heterocycles. The molecule has 0 aromatic carbocycles. The Morgan fingerprint density at radius 1 is 1.17 bits per heavy atom. The van der Waals surface area contributed by atoms with E-state index in [0.29, 0.717) is 11.5 Å². The molecule has 2 N–H and O–H groups in total. The number of amides is 1. The predicted molar refractivity (Wildman–Crippen MR) is 95.6 cm³/mol. The van der Waals surface area contributed by atoms with Crippen LogP contribution in [-0.4, -0.2) is 50.0 Å². The highest BCUT2D eigenvalue weighted by atomic mass is 16.2. The lowest BCUT2D eigenvalue weighted by molar-refractivity contribution is -0.127. The Balaban J connectivity index is 1.94. The van der Waals surface area contributed by atoms with E-state index in [4.69, 9.17) is 0 Å². The molecule has 2 aliphatic rings. The molecule has 0 atom stereocenters. The van der Waals surface area contributed by atoms with Crippen molar-refractivity contribution in [2.75, 3.05) is 27.2 Å². The summed E-state index contributed by atoms with van der Waals surface area (Å²) in [5.74, 6) is 0.871. The van der Waals surface area contributed by atoms with Crippen LogP contribution in [0.1, 0.15) is 64.7 Å². The lowest BCUT2D eigenvalue weighted by atomic mass is 9.83. The van der Waals surface area contributed by atoms with Gasteiger partial charge in [0.05, 0.1) is 0 Å². The van der Waals surface area contributed by atoms with E-state index < -0.39 is 0 Å². The molecule has 1 amide bonds. The number of hydrogen-bond donors (Lipinski definition) is 2. The van der Waals surface area contributed by atoms with Gasteiger partial charge in [-0.1, -0.05) is 32.6 Å². The highest BCUT2D eigenvalue weighted by molar-refractivity contribution is 5.85. The van der Waals surface area contributed by atoms with E-state index in [1.165, 1.54) is 57.8 Å². The third-order valence-electron chi connectivity index (χ3n) is 5.61. The molecule has 0 saturated heterocycles. The second-order valence-corrected chi connectivity index (χ2v) is 7.49. The molecule has 0 aromatic heterocycles. The maximum atomic E-state index is 11.8. The summed E-state index contributed by atoms with van der Waals surface area (Å²) >= 11 is 0. The fourth-order valence-electron chi connectivity index (χ4n) is 3.76. The molecule has 2 aliphatic carbocycles. The SMILES string of the molecule is CCC1(CNC(=NCC(=O)N(C)C)NC2CCCC2)CCCC1. The summed E-state index contributed by atoms with van der Waals surface area (Å²) < 4.78 is 0. The van der Waals surface area contributed by atoms with Gasteiger partial charge in [-0.2, -0.15) is 0 Å². The summed E-state index contributed by atoms with van der Waals surface area (Å²) in [4.78, 5) is 18.0. The van der Waals surface area contributed by atoms with Crippen molar-refractivity contribution in [2.45, 2.75) is 70.8 Å². The van der Waals surface area contributed by atoms with Crippen molar-refractivity contribution in [1.82, 2.24) is 15.5 Å². The molecule has 2 saturated carbocycles. The van der Waals surface area contributed by atoms with E-state index in [1.54, 1.807) is 19.0 Å². The van der Waals surface area contributed by atoms with Crippen LogP contribution in [0.5, 0.6) is 0 Å². The average Bonchev–Trinajstić information content (AvgIpc) is 3.21. The summed E-state index contributed by atoms with van der Waals surface area (Å²) in [5.41, 5.74) is 0.420. The molecule has 2 rings (SSSR count). The molecule has 0 heterocycles. The van der Waals surface area contributed by atoms with Gasteiger partial charge in [0, 0.05) is 26.7 Å². The van der Waals surface area contributed by atoms with Gasteiger partial charge < -0.3 is 15.5 Å². The normalized spacial score (nSPS) is 21.4. The zero-order valence-electron chi connectivity index (χ0n) is 15.2. The highest BCUT2D eigenvalue weighted by Gasteiger charge is 2.32. The van der Waals surface area contributed by atoms with E-state index in [9.17, 15) is 4.79 Å². The lowest BCUT2D eigenvalue weighted by Crippen LogP contribution is -2.46. The van der Waals surface area contributed by atoms with Gasteiger partial charge in [0.1, 0.15) is 6.54 Å². The summed E-state index contributed by atoms with van der Waals surface area (Å²) in [6.07, 6.45) is 11.5. The molecule has 0 aromatic rings. The Bertz CT molecular complexity index is 407. The van der Waals surface area contributed by atoms with Gasteiger partial charge in [0.2, 0.25) is 5.91 Å². The summed E-state index contributed by atoms with van der Waals surface area (Å²) in [6.45, 7) is 3.48. The number of carbonyl (C=O) groups excluding carboxylic acids is 1. The fraction of sp³-hybridized carbons (Fsp3) is 0.889. The van der Waals surface area contributed by atoms with E-state index in [1.807, 2.05) is 0 Å². The van der Waals surface area contributed by atoms with Crippen LogP contribution in [0.15, 0.2) is 4.99 Å². The van der Waals surface area contributed by atoms with Crippen molar-refractivity contribution in [3.8, 4) is 0 Å². The molecule has 23 heavy (non-hydrogen) atoms. The van der Waals surface area contributed by atoms with Crippen molar-refractivity contribution in [3.05, 3.63) is 0 Å². The zero-order valence-corrected chi connectivity index (χ0v) is 15.2. The quantitative estimate of drug-likeness (QED) is 0.583. The molecule has 2 fully saturated rings. The van der Waals surface area contributed by atoms with Crippen LogP contribution in [0.2, 0.25) is 0 Å². The van der Waals surface area contributed by atoms with Crippen LogP contribution >= 0.6 is 0 Å². The Labute approximate surface area is 141 Å². The fourth-order valence-corrected chi connectivity index (χ4v) is 3.76. The number of nitrogens with one attached hydrogen (secondary N) is 2. The van der Waals surface area contributed by atoms with Crippen LogP contribution < -0.4 is 10.6 Å². The molecule has 5 heteroatoms. The monoisotopic (exact) mass is 322 g/mol. The van der Waals surface area contributed by atoms with Gasteiger partial charge in [-0.3, -0.25) is 4.79 Å². The number of carbonyl (C=O) groups is 1. The van der Waals surface area contributed by atoms with E-state index in [2.05, 4.69) is 22.5 Å². The number of rotatable bonds is 6. The van der Waals surface area contributed by atoms with Gasteiger partial charge in [-0.15, -0.1) is 0 Å². The molecule has 0 radical (unpaired) electrons. The first-order chi connectivity index (χ1) is 11.0. The Kier molecular flexibility index (Phi) is 6.72. The van der Waals surface area contributed by atoms with Crippen LogP contribution in [0.4, 0.5) is 0 Å². The minimum absolute atomic E-state index is 0.0450. The van der Waals surface area contributed by atoms with Crippen LogP contribution in [0.25, 0.3) is 0 Å². The number of likely N-dealkylation sites (N-methyl/N-ethyl adjacent to an activating group) is 1. The number of nitrogens with zero attached hydrogens (tertiary/aromatic N) is 2. The molecular weight excluding hydrogens is 288 g/mol. The minimum atomic E-state index is 0.0450. The Morgan fingerprint density at radius 3 is 2.39 bits per heavy atom. The standard InChI is InChI=1S/C18H34N4O/c1-4-18(11-7-8-12-18)14-20-17(19-13-16(23)22(2)3)21-15-9-5-6-10-15/h15H,4-14H2,1-3H3,(H2,19,20,21). The van der Waals surface area contributed by atoms with Gasteiger partial charge >= 0.3 is 0 Å². The number of hydrogen-bond acceptors (Lipinski definition) is 2. The first-order valence-corrected chi connectivity index (χ1v) is 9.30. The predicted octanol–water partition coefficient (Wildman–Crippen LogP) is 2.52. The van der Waals surface area contributed by atoms with Crippen molar-refractivity contribution < 1.29 is 4.79 Å². The molecule has 5 nitrogen and oxygen atoms in total. The van der Waals surface area contributed by atoms with E-state index in [-0.39, 0.29) is 12.5 Å². The van der Waals surface area contributed by atoms with E-state index >= 15 is 0 Å². The van der Waals surface area contributed by atoms with Crippen molar-refractivity contribution in [1.29, 1.82) is 0 Å². The maximum Gasteiger partial charge on any atom is 0.243 e. The molecule has 0 spiro atoms. The van der Waals surface area contributed by atoms with Crippen molar-refractivity contribution in [3.63, 3.8) is 0 Å². The number of guanidine groups is 1. The second-order valence-electron chi connectivity index (χ2n) is 7.49. The Hall–Kier alpha value is -1.26. The third kappa shape index (κ3) is 5.40. The van der Waals surface area contributed by atoms with Crippen LogP contribution in [0.3, 0.4) is 0 Å². The summed E-state index contributed by atoms with van der Waals surface area (Å²) in [6, 6.07) is 0.511. The molecule has 0 bridgehead atoms.